The van der Waals surface area contributed by atoms with Crippen LogP contribution < -0.4 is 0 Å². The van der Waals surface area contributed by atoms with Gasteiger partial charge in [0.15, 0.2) is 0 Å². The van der Waals surface area contributed by atoms with E-state index in [4.69, 9.17) is 0 Å². The smallest absolute Gasteiger partial charge is 0.102 e. The molecule has 0 aromatic carbocycles. The first-order valence-corrected chi connectivity index (χ1v) is 2.37. The Hall–Kier alpha value is 0.545. The largest absolute Gasteiger partial charge is 0.120 e. The van der Waals surface area contributed by atoms with E-state index in [-0.39, 0.29) is 0 Å². The molecule has 0 saturated heterocycles. The van der Waals surface area contributed by atoms with Gasteiger partial charge < -0.3 is 0 Å². The van der Waals surface area contributed by atoms with Crippen LogP contribution in [-0.2, 0) is 0 Å². The second-order valence-electron chi connectivity index (χ2n) is 0.563. The predicted molar refractivity (Wildman–Crippen MR) is 25.4 cm³/mol. The van der Waals surface area contributed by atoms with Gasteiger partial charge in [0.2, 0.25) is 0 Å². The van der Waals surface area contributed by atoms with E-state index in [9.17, 15) is 0 Å². The predicted octanol–water partition coefficient (Wildman–Crippen LogP) is 1.09. The fourth-order valence-corrected chi connectivity index (χ4v) is 0. The van der Waals surface area contributed by atoms with Crippen molar-refractivity contribution in [3.05, 3.63) is 0 Å². The van der Waals surface area contributed by atoms with Crippen LogP contribution in [-0.4, -0.2) is 12.5 Å². The van der Waals surface area contributed by atoms with Crippen LogP contribution in [0.4, 0.5) is 0 Å². The lowest BCUT2D eigenvalue weighted by Gasteiger charge is -1.61. The highest BCUT2D eigenvalue weighted by atomic mass is 79.9. The van der Waals surface area contributed by atoms with Gasteiger partial charge in [-0.3, -0.25) is 0 Å². The summed E-state index contributed by atoms with van der Waals surface area (Å²) in [6.45, 7) is 2.01. The molecule has 4 heavy (non-hydrogen) atoms. The van der Waals surface area contributed by atoms with Crippen LogP contribution in [0.15, 0.2) is 0 Å². The van der Waals surface area contributed by atoms with Crippen LogP contribution in [0.3, 0.4) is 0 Å². The minimum Gasteiger partial charge on any atom is -0.102 e. The molecule has 0 fully saturated rings. The molecule has 0 rings (SSSR count). The molecule has 0 spiro atoms. The number of alkyl halides is 1. The Bertz CT molecular complexity index is 8.00. The van der Waals surface area contributed by atoms with Gasteiger partial charge in [-0.25, -0.2) is 0 Å². The zero-order valence-electron chi connectivity index (χ0n) is 2.66. The van der Waals surface area contributed by atoms with Gasteiger partial charge in [0.25, 0.3) is 0 Å². The third-order valence-corrected chi connectivity index (χ3v) is 0.802. The maximum Gasteiger partial charge on any atom is 0.120 e. The van der Waals surface area contributed by atoms with E-state index in [1.807, 2.05) is 14.1 Å². The van der Waals surface area contributed by atoms with Crippen molar-refractivity contribution >= 4 is 23.2 Å². The van der Waals surface area contributed by atoms with Gasteiger partial charge in [0.1, 0.15) is 7.28 Å². The third kappa shape index (κ3) is 2.54. The van der Waals surface area contributed by atoms with E-state index in [1.165, 1.54) is 0 Å². The van der Waals surface area contributed by atoms with E-state index < -0.39 is 0 Å². The topological polar surface area (TPSA) is 0 Å². The molecule has 0 bridgehead atoms. The Balaban J connectivity index is 1.97. The van der Waals surface area contributed by atoms with Crippen molar-refractivity contribution in [2.24, 2.45) is 0 Å². The summed E-state index contributed by atoms with van der Waals surface area (Å²) < 4.78 is 0. The van der Waals surface area contributed by atoms with Gasteiger partial charge in [-0.2, -0.15) is 0 Å². The summed E-state index contributed by atoms with van der Waals surface area (Å²) in [5.41, 5.74) is 0. The molecule has 0 unspecified atom stereocenters. The molecule has 1 radical (unpaired) electrons. The molecular weight excluding hydrogens is 115 g/mol. The molecule has 0 nitrogen and oxygen atoms in total. The lowest BCUT2D eigenvalue weighted by molar-refractivity contribution is 2.10. The molecule has 0 heterocycles. The zero-order valence-corrected chi connectivity index (χ0v) is 4.25. The molecule has 0 atom stereocenters. The molecule has 0 aliphatic carbocycles. The highest BCUT2D eigenvalue weighted by Crippen LogP contribution is 1.69. The van der Waals surface area contributed by atoms with E-state index in [0.29, 0.717) is 0 Å². The van der Waals surface area contributed by atoms with Crippen molar-refractivity contribution < 1.29 is 0 Å². The van der Waals surface area contributed by atoms with Crippen molar-refractivity contribution in [2.45, 2.75) is 6.82 Å². The van der Waals surface area contributed by atoms with Crippen molar-refractivity contribution in [1.29, 1.82) is 0 Å². The van der Waals surface area contributed by atoms with Gasteiger partial charge >= 0.3 is 0 Å². The normalized spacial score (nSPS) is 6.50. The Labute approximate surface area is 36.0 Å². The van der Waals surface area contributed by atoms with Crippen molar-refractivity contribution in [2.75, 3.05) is 5.23 Å². The van der Waals surface area contributed by atoms with Crippen LogP contribution in [0.1, 0.15) is 0 Å². The summed E-state index contributed by atoms with van der Waals surface area (Å²) in [7, 11) is 2.04. The maximum atomic E-state index is 3.19. The quantitative estimate of drug-likeness (QED) is 0.358. The molecule has 2 heteroatoms. The van der Waals surface area contributed by atoms with E-state index >= 15 is 0 Å². The molecule has 0 aliphatic heterocycles. The molecule has 0 aliphatic rings. The first-order valence-electron chi connectivity index (χ1n) is 1.25. The minimum atomic E-state index is 1.01. The molecular formula is C2H5BBr. The average Bonchev–Trinajstić information content (AvgIpc) is 1.37. The number of hydrogen-bond acceptors (Lipinski definition) is 0. The Morgan fingerprint density at radius 2 is 2.25 bits per heavy atom. The first kappa shape index (κ1) is 4.54. The Morgan fingerprint density at radius 1 is 2.00 bits per heavy atom. The zero-order chi connectivity index (χ0) is 3.41. The summed E-state index contributed by atoms with van der Waals surface area (Å²) in [4.78, 5) is 0. The fourth-order valence-electron chi connectivity index (χ4n) is 0. The summed E-state index contributed by atoms with van der Waals surface area (Å²) in [6, 6.07) is 0. The van der Waals surface area contributed by atoms with Crippen molar-refractivity contribution in [3.63, 3.8) is 0 Å². The summed E-state index contributed by atoms with van der Waals surface area (Å²) in [5, 5.41) is 1.01. The van der Waals surface area contributed by atoms with Crippen molar-refractivity contribution in [1.82, 2.24) is 0 Å². The summed E-state index contributed by atoms with van der Waals surface area (Å²) in [5.74, 6) is 0. The number of hydrogen-bond donors (Lipinski definition) is 0. The van der Waals surface area contributed by atoms with Gasteiger partial charge in [-0.1, -0.05) is 6.82 Å². The monoisotopic (exact) mass is 119 g/mol. The Kier molecular flexibility index (Phi) is 4.03. The van der Waals surface area contributed by atoms with Gasteiger partial charge in [0, 0.05) is 0 Å². The molecule has 0 saturated carbocycles. The molecule has 23 valence electrons. The molecule has 0 aromatic heterocycles. The standard InChI is InChI=1S/C2H5BBr/c1-3-2-4/h2H2,1H3. The number of rotatable bonds is 1. The van der Waals surface area contributed by atoms with Crippen molar-refractivity contribution in [3.8, 4) is 0 Å². The second-order valence-corrected chi connectivity index (χ2v) is 1.21. The molecule has 0 aromatic rings. The first-order chi connectivity index (χ1) is 1.91. The van der Waals surface area contributed by atoms with Gasteiger partial charge in [-0.15, -0.1) is 15.9 Å². The van der Waals surface area contributed by atoms with Crippen LogP contribution >= 0.6 is 15.9 Å². The third-order valence-electron chi connectivity index (χ3n) is 0.154. The summed E-state index contributed by atoms with van der Waals surface area (Å²) in [6.07, 6.45) is 0. The van der Waals surface area contributed by atoms with E-state index in [2.05, 4.69) is 15.9 Å². The SMILES string of the molecule is C[B]CBr. The summed E-state index contributed by atoms with van der Waals surface area (Å²) >= 11 is 3.19. The highest BCUT2D eigenvalue weighted by molar-refractivity contribution is 9.09. The van der Waals surface area contributed by atoms with Crippen LogP contribution in [0, 0.1) is 0 Å². The number of halogens is 1. The van der Waals surface area contributed by atoms with Crippen LogP contribution in [0.25, 0.3) is 0 Å². The second kappa shape index (κ2) is 3.54. The minimum absolute atomic E-state index is 1.01. The Morgan fingerprint density at radius 3 is 2.25 bits per heavy atom. The lowest BCUT2D eigenvalue weighted by atomic mass is 9.87. The van der Waals surface area contributed by atoms with Gasteiger partial charge in [0.05, 0.1) is 0 Å². The van der Waals surface area contributed by atoms with E-state index in [0.717, 1.165) is 5.23 Å². The fraction of sp³-hybridized carbons (Fsp3) is 1.00. The maximum absolute atomic E-state index is 3.19. The molecule has 0 amide bonds. The highest BCUT2D eigenvalue weighted by Gasteiger charge is 1.63. The lowest BCUT2D eigenvalue weighted by Crippen LogP contribution is -1.75. The van der Waals surface area contributed by atoms with Crippen LogP contribution in [0.5, 0.6) is 0 Å². The van der Waals surface area contributed by atoms with E-state index in [1.54, 1.807) is 0 Å². The molecule has 0 N–H and O–H groups in total. The van der Waals surface area contributed by atoms with Crippen LogP contribution in [0.2, 0.25) is 6.82 Å². The average molecular weight is 120 g/mol. The van der Waals surface area contributed by atoms with Gasteiger partial charge in [-0.05, 0) is 5.23 Å².